The second kappa shape index (κ2) is 6.22. The molecule has 0 aliphatic rings. The van der Waals surface area contributed by atoms with Crippen molar-refractivity contribution < 1.29 is 0 Å². The maximum absolute atomic E-state index is 6.17. The first-order valence-electron chi connectivity index (χ1n) is 5.80. The van der Waals surface area contributed by atoms with Crippen molar-refractivity contribution in [3.8, 4) is 0 Å². The zero-order chi connectivity index (χ0) is 13.0. The van der Waals surface area contributed by atoms with Crippen molar-refractivity contribution in [2.24, 2.45) is 11.7 Å². The molecule has 0 bridgehead atoms. The Kier molecular flexibility index (Phi) is 5.22. The zero-order valence-corrected chi connectivity index (χ0v) is 12.1. The van der Waals surface area contributed by atoms with Gasteiger partial charge in [0.05, 0.1) is 5.02 Å². The van der Waals surface area contributed by atoms with E-state index < -0.39 is 0 Å². The maximum atomic E-state index is 6.17. The molecular formula is C13H19ClN2S. The van der Waals surface area contributed by atoms with E-state index in [1.165, 1.54) is 0 Å². The SMILES string of the molecule is CCN(CC(C)C)c1ccc(C(N)=S)c(Cl)c1. The highest BCUT2D eigenvalue weighted by molar-refractivity contribution is 7.80. The van der Waals surface area contributed by atoms with Crippen LogP contribution in [-0.4, -0.2) is 18.1 Å². The lowest BCUT2D eigenvalue weighted by atomic mass is 10.1. The number of hydrogen-bond acceptors (Lipinski definition) is 2. The molecule has 1 rings (SSSR count). The highest BCUT2D eigenvalue weighted by Crippen LogP contribution is 2.24. The van der Waals surface area contributed by atoms with Gasteiger partial charge in [0.25, 0.3) is 0 Å². The highest BCUT2D eigenvalue weighted by Gasteiger charge is 2.10. The minimum atomic E-state index is 0.341. The Labute approximate surface area is 114 Å². The summed E-state index contributed by atoms with van der Waals surface area (Å²) in [5, 5.41) is 0.622. The molecule has 4 heteroatoms. The molecule has 2 N–H and O–H groups in total. The van der Waals surface area contributed by atoms with Crippen LogP contribution in [0.2, 0.25) is 5.02 Å². The molecule has 0 heterocycles. The van der Waals surface area contributed by atoms with E-state index in [1.807, 2.05) is 18.2 Å². The third-order valence-corrected chi connectivity index (χ3v) is 3.08. The Bertz CT molecular complexity index is 404. The summed E-state index contributed by atoms with van der Waals surface area (Å²) in [4.78, 5) is 2.63. The molecule has 1 aromatic rings. The molecule has 1 aromatic carbocycles. The molecule has 0 saturated carbocycles. The molecule has 0 fully saturated rings. The van der Waals surface area contributed by atoms with Crippen molar-refractivity contribution in [1.82, 2.24) is 0 Å². The van der Waals surface area contributed by atoms with E-state index in [4.69, 9.17) is 29.6 Å². The molecule has 94 valence electrons. The molecular weight excluding hydrogens is 252 g/mol. The van der Waals surface area contributed by atoms with E-state index in [0.29, 0.717) is 15.9 Å². The lowest BCUT2D eigenvalue weighted by molar-refractivity contribution is 0.619. The fourth-order valence-electron chi connectivity index (χ4n) is 1.76. The molecule has 0 aliphatic heterocycles. The standard InChI is InChI=1S/C13H19ClN2S/c1-4-16(8-9(2)3)10-5-6-11(13(15)17)12(14)7-10/h5-7,9H,4,8H2,1-3H3,(H2,15,17). The number of halogens is 1. The Hall–Kier alpha value is -0.800. The predicted molar refractivity (Wildman–Crippen MR) is 80.1 cm³/mol. The third kappa shape index (κ3) is 3.86. The summed E-state index contributed by atoms with van der Waals surface area (Å²) >= 11 is 11.1. The van der Waals surface area contributed by atoms with E-state index in [2.05, 4.69) is 25.7 Å². The Morgan fingerprint density at radius 1 is 1.47 bits per heavy atom. The maximum Gasteiger partial charge on any atom is 0.105 e. The Morgan fingerprint density at radius 3 is 2.53 bits per heavy atom. The molecule has 0 atom stereocenters. The largest absolute Gasteiger partial charge is 0.389 e. The summed E-state index contributed by atoms with van der Waals surface area (Å²) in [7, 11) is 0. The van der Waals surface area contributed by atoms with Gasteiger partial charge in [0.15, 0.2) is 0 Å². The smallest absolute Gasteiger partial charge is 0.105 e. The van der Waals surface area contributed by atoms with Crippen LogP contribution in [0.4, 0.5) is 5.69 Å². The molecule has 0 aromatic heterocycles. The second-order valence-electron chi connectivity index (χ2n) is 4.46. The minimum Gasteiger partial charge on any atom is -0.389 e. The van der Waals surface area contributed by atoms with Gasteiger partial charge < -0.3 is 10.6 Å². The second-order valence-corrected chi connectivity index (χ2v) is 5.31. The molecule has 0 amide bonds. The number of benzene rings is 1. The summed E-state index contributed by atoms with van der Waals surface area (Å²) in [6.07, 6.45) is 0. The van der Waals surface area contributed by atoms with Gasteiger partial charge in [-0.2, -0.15) is 0 Å². The minimum absolute atomic E-state index is 0.341. The van der Waals surface area contributed by atoms with Gasteiger partial charge in [-0.05, 0) is 31.0 Å². The number of thiocarbonyl (C=S) groups is 1. The van der Waals surface area contributed by atoms with Crippen LogP contribution in [0.3, 0.4) is 0 Å². The van der Waals surface area contributed by atoms with Crippen molar-refractivity contribution >= 4 is 34.5 Å². The summed E-state index contributed by atoms with van der Waals surface area (Å²) in [5.41, 5.74) is 7.45. The van der Waals surface area contributed by atoms with E-state index in [0.717, 1.165) is 24.3 Å². The van der Waals surface area contributed by atoms with Gasteiger partial charge in [-0.1, -0.05) is 37.7 Å². The van der Waals surface area contributed by atoms with Crippen LogP contribution in [0, 0.1) is 5.92 Å². The van der Waals surface area contributed by atoms with Crippen molar-refractivity contribution in [3.63, 3.8) is 0 Å². The molecule has 0 aliphatic carbocycles. The van der Waals surface area contributed by atoms with Gasteiger partial charge in [0.1, 0.15) is 4.99 Å². The fourth-order valence-corrected chi connectivity index (χ4v) is 2.27. The zero-order valence-electron chi connectivity index (χ0n) is 10.5. The van der Waals surface area contributed by atoms with Gasteiger partial charge in [0, 0.05) is 24.3 Å². The topological polar surface area (TPSA) is 29.3 Å². The molecule has 0 spiro atoms. The van der Waals surface area contributed by atoms with Gasteiger partial charge in [-0.25, -0.2) is 0 Å². The van der Waals surface area contributed by atoms with Crippen molar-refractivity contribution in [2.45, 2.75) is 20.8 Å². The molecule has 0 radical (unpaired) electrons. The number of hydrogen-bond donors (Lipinski definition) is 1. The summed E-state index contributed by atoms with van der Waals surface area (Å²) in [5.74, 6) is 0.615. The van der Waals surface area contributed by atoms with Gasteiger partial charge in [-0.3, -0.25) is 0 Å². The Morgan fingerprint density at radius 2 is 2.12 bits per heavy atom. The van der Waals surface area contributed by atoms with Gasteiger partial charge in [-0.15, -0.1) is 0 Å². The highest BCUT2D eigenvalue weighted by atomic mass is 35.5. The van der Waals surface area contributed by atoms with Gasteiger partial charge in [0.2, 0.25) is 0 Å². The van der Waals surface area contributed by atoms with Gasteiger partial charge >= 0.3 is 0 Å². The summed E-state index contributed by atoms with van der Waals surface area (Å²) < 4.78 is 0. The predicted octanol–water partition coefficient (Wildman–Crippen LogP) is 3.46. The number of nitrogens with zero attached hydrogens (tertiary/aromatic N) is 1. The van der Waals surface area contributed by atoms with Crippen LogP contribution in [0.25, 0.3) is 0 Å². The first-order valence-corrected chi connectivity index (χ1v) is 6.58. The third-order valence-electron chi connectivity index (χ3n) is 2.55. The summed E-state index contributed by atoms with van der Waals surface area (Å²) in [6, 6.07) is 5.84. The molecule has 0 saturated heterocycles. The average Bonchev–Trinajstić information content (AvgIpc) is 2.24. The van der Waals surface area contributed by atoms with Crippen molar-refractivity contribution in [3.05, 3.63) is 28.8 Å². The molecule has 2 nitrogen and oxygen atoms in total. The number of rotatable bonds is 5. The van der Waals surface area contributed by atoms with Crippen LogP contribution < -0.4 is 10.6 Å². The number of anilines is 1. The van der Waals surface area contributed by atoms with Crippen LogP contribution >= 0.6 is 23.8 Å². The van der Waals surface area contributed by atoms with Crippen molar-refractivity contribution in [2.75, 3.05) is 18.0 Å². The lowest BCUT2D eigenvalue weighted by Gasteiger charge is -2.25. The fraction of sp³-hybridized carbons (Fsp3) is 0.462. The van der Waals surface area contributed by atoms with E-state index in [9.17, 15) is 0 Å². The quantitative estimate of drug-likeness (QED) is 0.831. The van der Waals surface area contributed by atoms with Crippen LogP contribution in [0.15, 0.2) is 18.2 Å². The molecule has 0 unspecified atom stereocenters. The van der Waals surface area contributed by atoms with Crippen LogP contribution in [-0.2, 0) is 0 Å². The van der Waals surface area contributed by atoms with E-state index in [-0.39, 0.29) is 0 Å². The lowest BCUT2D eigenvalue weighted by Crippen LogP contribution is -2.27. The first-order chi connectivity index (χ1) is 7.95. The monoisotopic (exact) mass is 270 g/mol. The van der Waals surface area contributed by atoms with E-state index in [1.54, 1.807) is 0 Å². The van der Waals surface area contributed by atoms with Crippen LogP contribution in [0.1, 0.15) is 26.3 Å². The molecule has 17 heavy (non-hydrogen) atoms. The Balaban J connectivity index is 2.98. The van der Waals surface area contributed by atoms with Crippen LogP contribution in [0.5, 0.6) is 0 Å². The first kappa shape index (κ1) is 14.3. The van der Waals surface area contributed by atoms with Crippen molar-refractivity contribution in [1.29, 1.82) is 0 Å². The number of nitrogens with two attached hydrogens (primary N) is 1. The normalized spacial score (nSPS) is 10.6. The summed E-state index contributed by atoms with van der Waals surface area (Å²) in [6.45, 7) is 8.51. The average molecular weight is 271 g/mol. The van der Waals surface area contributed by atoms with E-state index >= 15 is 0 Å².